The largest absolute Gasteiger partial charge is 0.426 e. The number of benzene rings is 2. The number of fused-ring (bicyclic) bond motifs is 3. The molecule has 0 amide bonds. The van der Waals surface area contributed by atoms with Gasteiger partial charge in [-0.2, -0.15) is 13.2 Å². The Morgan fingerprint density at radius 2 is 1.69 bits per heavy atom. The number of carbonyl (C=O) groups excluding carboxylic acids is 1. The number of alkyl halides is 4. The Kier molecular flexibility index (Phi) is 6.87. The van der Waals surface area contributed by atoms with E-state index in [1.165, 1.54) is 24.3 Å². The van der Waals surface area contributed by atoms with Crippen LogP contribution in [0.15, 0.2) is 42.5 Å². The molecule has 36 heavy (non-hydrogen) atoms. The number of ketones is 1. The van der Waals surface area contributed by atoms with Gasteiger partial charge in [0, 0.05) is 18.3 Å². The summed E-state index contributed by atoms with van der Waals surface area (Å²) in [6, 6.07) is 10.5. The molecule has 196 valence electrons. The molecule has 2 aliphatic carbocycles. The van der Waals surface area contributed by atoms with Crippen molar-refractivity contribution >= 4 is 5.78 Å². The zero-order chi connectivity index (χ0) is 26.5. The molecule has 2 aliphatic rings. The number of halogens is 5. The van der Waals surface area contributed by atoms with Crippen LogP contribution in [-0.4, -0.2) is 22.7 Å². The van der Waals surface area contributed by atoms with Crippen LogP contribution in [0.3, 0.4) is 0 Å². The molecule has 1 saturated carbocycles. The molecule has 4 rings (SSSR count). The second kappa shape index (κ2) is 9.23. The molecule has 7 heteroatoms. The van der Waals surface area contributed by atoms with Crippen LogP contribution in [0.1, 0.15) is 75.1 Å². The molecule has 1 N–H and O–H groups in total. The molecular weight excluding hydrogens is 475 g/mol. The maximum atomic E-state index is 14.8. The third-order valence-electron chi connectivity index (χ3n) is 8.23. The van der Waals surface area contributed by atoms with Crippen LogP contribution in [0.2, 0.25) is 0 Å². The van der Waals surface area contributed by atoms with E-state index in [1.54, 1.807) is 32.0 Å². The van der Waals surface area contributed by atoms with Crippen LogP contribution in [-0.2, 0) is 28.7 Å². The number of Topliss-reactive ketones (excluding diaryl/α,β-unsaturated/α-hetero) is 1. The van der Waals surface area contributed by atoms with E-state index in [-0.39, 0.29) is 29.9 Å². The third kappa shape index (κ3) is 5.09. The molecule has 0 spiro atoms. The minimum atomic E-state index is -5.02. The molecule has 0 saturated heterocycles. The summed E-state index contributed by atoms with van der Waals surface area (Å²) in [5.74, 6) is -0.178. The molecule has 0 aliphatic heterocycles. The molecule has 0 bridgehead atoms. The Hall–Kier alpha value is -2.28. The fraction of sp³-hybridized carbons (Fsp3) is 0.552. The van der Waals surface area contributed by atoms with E-state index in [9.17, 15) is 31.9 Å². The van der Waals surface area contributed by atoms with Crippen LogP contribution in [0.4, 0.5) is 22.0 Å². The highest BCUT2D eigenvalue weighted by Gasteiger charge is 2.55. The summed E-state index contributed by atoms with van der Waals surface area (Å²) in [7, 11) is 0. The first-order valence-electron chi connectivity index (χ1n) is 12.5. The van der Waals surface area contributed by atoms with E-state index in [0.29, 0.717) is 38.2 Å². The Bertz CT molecular complexity index is 1110. The fourth-order valence-electron chi connectivity index (χ4n) is 6.55. The van der Waals surface area contributed by atoms with Gasteiger partial charge in [-0.05, 0) is 99.1 Å². The van der Waals surface area contributed by atoms with Crippen molar-refractivity contribution < 1.29 is 31.9 Å². The number of hydrogen-bond acceptors (Lipinski definition) is 2. The number of aliphatic hydroxyl groups is 1. The normalized spacial score (nSPS) is 25.7. The Labute approximate surface area is 208 Å². The van der Waals surface area contributed by atoms with Crippen molar-refractivity contribution in [2.24, 2.45) is 11.8 Å². The van der Waals surface area contributed by atoms with Crippen molar-refractivity contribution in [2.45, 2.75) is 88.6 Å². The van der Waals surface area contributed by atoms with Gasteiger partial charge in [-0.3, -0.25) is 4.79 Å². The van der Waals surface area contributed by atoms with E-state index in [1.807, 2.05) is 0 Å². The van der Waals surface area contributed by atoms with E-state index in [4.69, 9.17) is 0 Å². The predicted octanol–water partition coefficient (Wildman–Crippen LogP) is 7.15. The molecule has 2 nitrogen and oxygen atoms in total. The van der Waals surface area contributed by atoms with Crippen molar-refractivity contribution in [1.29, 1.82) is 0 Å². The van der Waals surface area contributed by atoms with Gasteiger partial charge in [-0.15, -0.1) is 0 Å². The second-order valence-electron chi connectivity index (χ2n) is 11.5. The zero-order valence-corrected chi connectivity index (χ0v) is 20.9. The molecule has 4 atom stereocenters. The molecule has 2 aromatic carbocycles. The second-order valence-corrected chi connectivity index (χ2v) is 11.5. The van der Waals surface area contributed by atoms with Crippen molar-refractivity contribution in [3.8, 4) is 0 Å². The average Bonchev–Trinajstić information content (AvgIpc) is 3.11. The van der Waals surface area contributed by atoms with Gasteiger partial charge >= 0.3 is 6.18 Å². The lowest BCUT2D eigenvalue weighted by molar-refractivity contribution is -0.228. The molecule has 0 radical (unpaired) electrons. The first-order valence-corrected chi connectivity index (χ1v) is 12.5. The number of rotatable bonds is 7. The van der Waals surface area contributed by atoms with Crippen LogP contribution in [0.25, 0.3) is 0 Å². The number of hydrogen-bond donors (Lipinski definition) is 1. The van der Waals surface area contributed by atoms with Crippen molar-refractivity contribution in [2.75, 3.05) is 0 Å². The summed E-state index contributed by atoms with van der Waals surface area (Å²) in [5, 5.41) is 10.1. The molecule has 1 unspecified atom stereocenters. The van der Waals surface area contributed by atoms with E-state index in [0.717, 1.165) is 24.0 Å². The van der Waals surface area contributed by atoms with Gasteiger partial charge in [-0.1, -0.05) is 30.3 Å². The summed E-state index contributed by atoms with van der Waals surface area (Å²) in [6.45, 7) is 3.76. The summed E-state index contributed by atoms with van der Waals surface area (Å²) in [6.07, 6.45) is -1.38. The van der Waals surface area contributed by atoms with Gasteiger partial charge in [0.25, 0.3) is 0 Å². The van der Waals surface area contributed by atoms with Gasteiger partial charge in [-0.25, -0.2) is 8.78 Å². The topological polar surface area (TPSA) is 37.3 Å². The Morgan fingerprint density at radius 3 is 2.31 bits per heavy atom. The number of carbonyl (C=O) groups is 1. The summed E-state index contributed by atoms with van der Waals surface area (Å²) >= 11 is 0. The van der Waals surface area contributed by atoms with Gasteiger partial charge < -0.3 is 5.11 Å². The highest BCUT2D eigenvalue weighted by atomic mass is 19.4. The lowest BCUT2D eigenvalue weighted by Crippen LogP contribution is -2.41. The smallest absolute Gasteiger partial charge is 0.390 e. The van der Waals surface area contributed by atoms with Crippen LogP contribution >= 0.6 is 0 Å². The Balaban J connectivity index is 1.72. The summed E-state index contributed by atoms with van der Waals surface area (Å²) < 4.78 is 68.5. The highest BCUT2D eigenvalue weighted by molar-refractivity contribution is 5.79. The van der Waals surface area contributed by atoms with E-state index in [2.05, 4.69) is 0 Å². The molecular formula is C29H33F5O2. The lowest BCUT2D eigenvalue weighted by Gasteiger charge is -2.44. The van der Waals surface area contributed by atoms with Crippen molar-refractivity contribution in [1.82, 2.24) is 0 Å². The lowest BCUT2D eigenvalue weighted by atomic mass is 9.60. The molecule has 0 heterocycles. The standard InChI is InChI=1S/C29H33F5O2/c1-26(2,36)17-23(35)15-20-12-13-28(16-18-4-8-22(30)9-5-18)24(20)10-6-19-14-21(7-11-25(19)28)27(3,31)29(32,33)34/h4-5,7-9,11,14,20,24,36H,6,10,12-13,15-17H2,1-3H3/t20-,24-,27?,28-/m0/s1. The van der Waals surface area contributed by atoms with Gasteiger partial charge in [0.15, 0.2) is 0 Å². The van der Waals surface area contributed by atoms with Crippen LogP contribution < -0.4 is 0 Å². The molecule has 2 aromatic rings. The summed E-state index contributed by atoms with van der Waals surface area (Å²) in [5.41, 5.74) is -2.86. The minimum absolute atomic E-state index is 0.00963. The third-order valence-corrected chi connectivity index (χ3v) is 8.23. The fourth-order valence-corrected chi connectivity index (χ4v) is 6.55. The molecule has 1 fully saturated rings. The maximum absolute atomic E-state index is 14.8. The molecule has 0 aromatic heterocycles. The minimum Gasteiger partial charge on any atom is -0.390 e. The average molecular weight is 509 g/mol. The van der Waals surface area contributed by atoms with E-state index < -0.39 is 28.4 Å². The highest BCUT2D eigenvalue weighted by Crippen LogP contribution is 2.57. The van der Waals surface area contributed by atoms with E-state index >= 15 is 0 Å². The Morgan fingerprint density at radius 1 is 1.03 bits per heavy atom. The monoisotopic (exact) mass is 508 g/mol. The van der Waals surface area contributed by atoms with Crippen molar-refractivity contribution in [3.63, 3.8) is 0 Å². The first kappa shape index (κ1) is 26.8. The quantitative estimate of drug-likeness (QED) is 0.404. The summed E-state index contributed by atoms with van der Waals surface area (Å²) in [4.78, 5) is 12.7. The predicted molar refractivity (Wildman–Crippen MR) is 128 cm³/mol. The zero-order valence-electron chi connectivity index (χ0n) is 20.9. The maximum Gasteiger partial charge on any atom is 0.426 e. The van der Waals surface area contributed by atoms with Crippen LogP contribution in [0, 0.1) is 17.7 Å². The van der Waals surface area contributed by atoms with Gasteiger partial charge in [0.1, 0.15) is 11.6 Å². The first-order chi connectivity index (χ1) is 16.6. The van der Waals surface area contributed by atoms with Crippen molar-refractivity contribution in [3.05, 3.63) is 70.5 Å². The number of aryl methyl sites for hydroxylation is 1. The van der Waals surface area contributed by atoms with Crippen LogP contribution in [0.5, 0.6) is 0 Å². The SMILES string of the molecule is CC(C)(O)CC(=O)C[C@@H]1CC[C@@]2(Cc3ccc(F)cc3)c3ccc(C(C)(F)C(F)(F)F)cc3CC[C@@H]12. The van der Waals surface area contributed by atoms with Gasteiger partial charge in [0.05, 0.1) is 5.60 Å². The van der Waals surface area contributed by atoms with Gasteiger partial charge in [0.2, 0.25) is 5.67 Å².